The average molecular weight is 581 g/mol. The molecule has 2 heterocycles. The van der Waals surface area contributed by atoms with Crippen molar-refractivity contribution < 1.29 is 32.6 Å². The molecule has 1 amide bonds. The summed E-state index contributed by atoms with van der Waals surface area (Å²) in [6, 6.07) is 6.01. The number of piperidine rings is 1. The van der Waals surface area contributed by atoms with Crippen LogP contribution < -0.4 is 10.1 Å². The van der Waals surface area contributed by atoms with Crippen molar-refractivity contribution in [1.82, 2.24) is 14.7 Å². The summed E-state index contributed by atoms with van der Waals surface area (Å²) in [5.41, 5.74) is -0.959. The first-order valence-electron chi connectivity index (χ1n) is 13.4. The van der Waals surface area contributed by atoms with Gasteiger partial charge in [0.2, 0.25) is 0 Å². The Balaban J connectivity index is 1.61. The molecule has 1 aliphatic carbocycles. The zero-order valence-electron chi connectivity index (χ0n) is 22.9. The molecule has 0 unspecified atom stereocenters. The van der Waals surface area contributed by atoms with E-state index < -0.39 is 23.5 Å². The zero-order chi connectivity index (χ0) is 29.1. The number of methoxy groups -OCH3 is 1. The van der Waals surface area contributed by atoms with Gasteiger partial charge in [0.05, 0.1) is 18.2 Å². The van der Waals surface area contributed by atoms with Crippen LogP contribution in [0.5, 0.6) is 5.75 Å². The van der Waals surface area contributed by atoms with Gasteiger partial charge in [-0.2, -0.15) is 13.9 Å². The third-order valence-corrected chi connectivity index (χ3v) is 8.33. The Morgan fingerprint density at radius 2 is 1.80 bits per heavy atom. The topological polar surface area (TPSA) is 103 Å². The molecule has 1 aromatic carbocycles. The second-order valence-electron chi connectivity index (χ2n) is 10.9. The highest BCUT2D eigenvalue weighted by Gasteiger charge is 2.49. The van der Waals surface area contributed by atoms with Crippen LogP contribution in [0.4, 0.5) is 14.5 Å². The number of nitrogens with zero attached hydrogens (tertiary/aromatic N) is 3. The third-order valence-electron chi connectivity index (χ3n) is 8.09. The first-order chi connectivity index (χ1) is 19.0. The van der Waals surface area contributed by atoms with E-state index in [1.165, 1.54) is 25.3 Å². The van der Waals surface area contributed by atoms with Gasteiger partial charge in [0.15, 0.2) is 5.75 Å². The number of esters is 1. The number of nitrogens with one attached hydrogen (secondary N) is 1. The minimum Gasteiger partial charge on any atom is -0.469 e. The van der Waals surface area contributed by atoms with Crippen LogP contribution in [0.25, 0.3) is 0 Å². The van der Waals surface area contributed by atoms with Crippen LogP contribution in [-0.2, 0) is 24.7 Å². The van der Waals surface area contributed by atoms with Gasteiger partial charge in [-0.3, -0.25) is 19.1 Å². The van der Waals surface area contributed by atoms with Gasteiger partial charge in [0.25, 0.3) is 5.91 Å². The smallest absolute Gasteiger partial charge is 0.387 e. The number of alkyl halides is 2. The second-order valence-corrected chi connectivity index (χ2v) is 11.4. The highest BCUT2D eigenvalue weighted by atomic mass is 35.5. The highest BCUT2D eigenvalue weighted by molar-refractivity contribution is 6.30. The lowest BCUT2D eigenvalue weighted by atomic mass is 9.72. The number of halogens is 3. The van der Waals surface area contributed by atoms with E-state index in [-0.39, 0.29) is 34.1 Å². The second kappa shape index (κ2) is 12.2. The lowest BCUT2D eigenvalue weighted by Crippen LogP contribution is -2.56. The Labute approximate surface area is 237 Å². The van der Waals surface area contributed by atoms with Gasteiger partial charge in [-0.05, 0) is 49.8 Å². The molecular formula is C28H35ClF2N4O5. The number of ketones is 1. The zero-order valence-corrected chi connectivity index (χ0v) is 23.7. The summed E-state index contributed by atoms with van der Waals surface area (Å²) in [5, 5.41) is 7.53. The predicted molar refractivity (Wildman–Crippen MR) is 145 cm³/mol. The highest BCUT2D eigenvalue weighted by Crippen LogP contribution is 2.41. The van der Waals surface area contributed by atoms with Crippen molar-refractivity contribution in [2.75, 3.05) is 32.1 Å². The molecule has 1 saturated heterocycles. The number of ether oxygens (including phenoxy) is 2. The summed E-state index contributed by atoms with van der Waals surface area (Å²) in [4.78, 5) is 40.9. The number of carbonyl (C=O) groups is 3. The maximum absolute atomic E-state index is 14.1. The molecule has 2 aliphatic rings. The number of benzene rings is 1. The van der Waals surface area contributed by atoms with Crippen LogP contribution in [0.15, 0.2) is 30.5 Å². The van der Waals surface area contributed by atoms with E-state index in [0.717, 1.165) is 5.69 Å². The number of amides is 1. The van der Waals surface area contributed by atoms with E-state index in [2.05, 4.69) is 20.1 Å². The molecule has 0 spiro atoms. The van der Waals surface area contributed by atoms with Crippen molar-refractivity contribution in [1.29, 1.82) is 0 Å². The molecule has 40 heavy (non-hydrogen) atoms. The molecule has 9 nitrogen and oxygen atoms in total. The van der Waals surface area contributed by atoms with Crippen molar-refractivity contribution in [3.8, 4) is 5.75 Å². The van der Waals surface area contributed by atoms with Crippen LogP contribution in [-0.4, -0.2) is 65.7 Å². The summed E-state index contributed by atoms with van der Waals surface area (Å²) >= 11 is 5.99. The fourth-order valence-corrected chi connectivity index (χ4v) is 6.00. The van der Waals surface area contributed by atoms with E-state index in [1.807, 2.05) is 19.9 Å². The van der Waals surface area contributed by atoms with Gasteiger partial charge in [-0.1, -0.05) is 25.4 Å². The minimum absolute atomic E-state index is 0.0702. The van der Waals surface area contributed by atoms with Crippen molar-refractivity contribution >= 4 is 34.9 Å². The molecule has 2 fully saturated rings. The predicted octanol–water partition coefficient (Wildman–Crippen LogP) is 4.99. The number of likely N-dealkylation sites (tertiary alicyclic amines) is 1. The molecule has 2 aromatic rings. The van der Waals surface area contributed by atoms with E-state index in [0.29, 0.717) is 58.2 Å². The number of aromatic nitrogens is 2. The molecule has 1 N–H and O–H groups in total. The van der Waals surface area contributed by atoms with Gasteiger partial charge in [-0.15, -0.1) is 0 Å². The monoisotopic (exact) mass is 580 g/mol. The van der Waals surface area contributed by atoms with E-state index >= 15 is 0 Å². The SMILES string of the molecule is COC(=O)C1(CN2CCC(C(=O)Nc3ccc(Cl)cc3OC(F)F)(n3nccc3C(C)C)CC2)CCC(=O)CC1. The Morgan fingerprint density at radius 1 is 1.12 bits per heavy atom. The van der Waals surface area contributed by atoms with Crippen LogP contribution in [0.1, 0.15) is 64.0 Å². The fraction of sp³-hybridized carbons (Fsp3) is 0.571. The summed E-state index contributed by atoms with van der Waals surface area (Å²) < 4.78 is 37.7. The standard InChI is InChI=1S/C28H35ClF2N4O5/c1-18(2)22-8-13-32-35(22)28(24(37)33-21-5-4-19(29)16-23(21)40-26(30)31)11-14-34(15-12-28)17-27(25(38)39-3)9-6-20(36)7-10-27/h4-5,8,13,16,18,26H,6-7,9-12,14-15,17H2,1-3H3,(H,33,37). The van der Waals surface area contributed by atoms with Crippen LogP contribution in [0.2, 0.25) is 5.02 Å². The van der Waals surface area contributed by atoms with Crippen molar-refractivity contribution in [2.24, 2.45) is 5.41 Å². The lowest BCUT2D eigenvalue weighted by molar-refractivity contribution is -0.158. The number of hydrogen-bond donors (Lipinski definition) is 1. The minimum atomic E-state index is -3.10. The van der Waals surface area contributed by atoms with Crippen LogP contribution in [0, 0.1) is 5.41 Å². The maximum Gasteiger partial charge on any atom is 0.387 e. The van der Waals surface area contributed by atoms with Gasteiger partial charge in [-0.25, -0.2) is 0 Å². The normalized spacial score (nSPS) is 19.1. The molecule has 1 aliphatic heterocycles. The molecule has 4 rings (SSSR count). The lowest BCUT2D eigenvalue weighted by Gasteiger charge is -2.45. The fourth-order valence-electron chi connectivity index (χ4n) is 5.83. The van der Waals surface area contributed by atoms with Crippen molar-refractivity contribution in [3.63, 3.8) is 0 Å². The number of Topliss-reactive ketones (excluding diaryl/α,β-unsaturated/α-hetero) is 1. The van der Waals surface area contributed by atoms with Crippen LogP contribution in [0.3, 0.4) is 0 Å². The molecular weight excluding hydrogens is 546 g/mol. The van der Waals surface area contributed by atoms with Gasteiger partial charge >= 0.3 is 12.6 Å². The Morgan fingerprint density at radius 3 is 2.40 bits per heavy atom. The molecule has 12 heteroatoms. The van der Waals surface area contributed by atoms with E-state index in [4.69, 9.17) is 16.3 Å². The molecule has 0 atom stereocenters. The first-order valence-corrected chi connectivity index (χ1v) is 13.8. The molecule has 0 radical (unpaired) electrons. The molecule has 0 bridgehead atoms. The first kappa shape index (κ1) is 29.9. The quantitative estimate of drug-likeness (QED) is 0.417. The average Bonchev–Trinajstić information content (AvgIpc) is 3.42. The number of hydrogen-bond acceptors (Lipinski definition) is 7. The molecule has 1 aromatic heterocycles. The number of anilines is 1. The Hall–Kier alpha value is -3.05. The molecule has 218 valence electrons. The summed E-state index contributed by atoms with van der Waals surface area (Å²) in [5.74, 6) is -0.755. The van der Waals surface area contributed by atoms with Crippen molar-refractivity contribution in [2.45, 2.75) is 70.4 Å². The molecule has 1 saturated carbocycles. The van der Waals surface area contributed by atoms with Gasteiger partial charge in [0.1, 0.15) is 11.3 Å². The third kappa shape index (κ3) is 6.15. The van der Waals surface area contributed by atoms with E-state index in [9.17, 15) is 23.2 Å². The Kier molecular flexibility index (Phi) is 9.14. The van der Waals surface area contributed by atoms with Crippen molar-refractivity contribution in [3.05, 3.63) is 41.2 Å². The van der Waals surface area contributed by atoms with Gasteiger partial charge < -0.3 is 19.7 Å². The summed E-state index contributed by atoms with van der Waals surface area (Å²) in [7, 11) is 1.36. The number of carbonyl (C=O) groups excluding carboxylic acids is 3. The Bertz CT molecular complexity index is 1230. The summed E-state index contributed by atoms with van der Waals surface area (Å²) in [6.07, 6.45) is 3.90. The largest absolute Gasteiger partial charge is 0.469 e. The number of rotatable bonds is 9. The van der Waals surface area contributed by atoms with E-state index in [1.54, 1.807) is 10.9 Å². The maximum atomic E-state index is 14.1. The summed E-state index contributed by atoms with van der Waals surface area (Å²) in [6.45, 7) is 2.28. The van der Waals surface area contributed by atoms with Crippen LogP contribution >= 0.6 is 11.6 Å². The van der Waals surface area contributed by atoms with Gasteiger partial charge in [0, 0.05) is 55.5 Å².